The third-order valence-electron chi connectivity index (χ3n) is 3.00. The monoisotopic (exact) mass is 290 g/mol. The van der Waals surface area contributed by atoms with Gasteiger partial charge in [-0.3, -0.25) is 10.1 Å². The molecule has 7 heteroatoms. The van der Waals surface area contributed by atoms with Crippen molar-refractivity contribution in [2.45, 2.75) is 19.9 Å². The van der Waals surface area contributed by atoms with E-state index in [0.29, 0.717) is 23.4 Å². The number of nitro benzene ring substituents is 1. The highest BCUT2D eigenvalue weighted by atomic mass is 16.6. The zero-order chi connectivity index (χ0) is 15.4. The number of nitrogens with zero attached hydrogens (tertiary/aromatic N) is 1. The van der Waals surface area contributed by atoms with Gasteiger partial charge in [0.05, 0.1) is 11.5 Å². The fourth-order valence-electron chi connectivity index (χ4n) is 1.92. The lowest BCUT2D eigenvalue weighted by Crippen LogP contribution is -2.01. The number of benzene rings is 1. The van der Waals surface area contributed by atoms with E-state index in [4.69, 9.17) is 9.52 Å². The van der Waals surface area contributed by atoms with E-state index in [-0.39, 0.29) is 18.0 Å². The SMILES string of the molecule is CCc1ccc(NCc2ccc(C(=O)O)o2)cc1[N+](=O)[O-]. The van der Waals surface area contributed by atoms with Gasteiger partial charge in [-0.05, 0) is 24.6 Å². The topological polar surface area (TPSA) is 106 Å². The van der Waals surface area contributed by atoms with E-state index < -0.39 is 10.9 Å². The van der Waals surface area contributed by atoms with Gasteiger partial charge in [0.15, 0.2) is 0 Å². The average molecular weight is 290 g/mol. The Balaban J connectivity index is 2.10. The largest absolute Gasteiger partial charge is 0.475 e. The van der Waals surface area contributed by atoms with E-state index in [1.807, 2.05) is 6.92 Å². The molecule has 0 atom stereocenters. The van der Waals surface area contributed by atoms with Gasteiger partial charge in [-0.2, -0.15) is 0 Å². The summed E-state index contributed by atoms with van der Waals surface area (Å²) in [6, 6.07) is 7.81. The molecule has 0 saturated heterocycles. The van der Waals surface area contributed by atoms with Crippen LogP contribution >= 0.6 is 0 Å². The Hall–Kier alpha value is -2.83. The van der Waals surface area contributed by atoms with Crippen molar-refractivity contribution in [3.8, 4) is 0 Å². The molecule has 7 nitrogen and oxygen atoms in total. The third kappa shape index (κ3) is 3.38. The summed E-state index contributed by atoms with van der Waals surface area (Å²) < 4.78 is 5.09. The van der Waals surface area contributed by atoms with Gasteiger partial charge >= 0.3 is 5.97 Å². The summed E-state index contributed by atoms with van der Waals surface area (Å²) in [6.07, 6.45) is 0.580. The number of hydrogen-bond acceptors (Lipinski definition) is 5. The van der Waals surface area contributed by atoms with Crippen LogP contribution in [0, 0.1) is 10.1 Å². The Bertz CT molecular complexity index is 678. The zero-order valence-electron chi connectivity index (χ0n) is 11.3. The fraction of sp³-hybridized carbons (Fsp3) is 0.214. The van der Waals surface area contributed by atoms with Crippen LogP contribution in [0.5, 0.6) is 0 Å². The summed E-state index contributed by atoms with van der Waals surface area (Å²) in [7, 11) is 0. The molecule has 1 aromatic heterocycles. The lowest BCUT2D eigenvalue weighted by molar-refractivity contribution is -0.385. The van der Waals surface area contributed by atoms with Gasteiger partial charge in [-0.25, -0.2) is 4.79 Å². The van der Waals surface area contributed by atoms with Crippen LogP contribution in [-0.4, -0.2) is 16.0 Å². The molecule has 110 valence electrons. The van der Waals surface area contributed by atoms with Gasteiger partial charge < -0.3 is 14.8 Å². The van der Waals surface area contributed by atoms with Crippen molar-refractivity contribution in [3.63, 3.8) is 0 Å². The molecule has 2 aromatic rings. The molecular formula is C14H14N2O5. The number of aromatic carboxylic acids is 1. The quantitative estimate of drug-likeness (QED) is 0.625. The van der Waals surface area contributed by atoms with E-state index in [1.165, 1.54) is 12.1 Å². The molecule has 0 aliphatic rings. The normalized spacial score (nSPS) is 10.3. The summed E-state index contributed by atoms with van der Waals surface area (Å²) >= 11 is 0. The van der Waals surface area contributed by atoms with E-state index >= 15 is 0 Å². The minimum absolute atomic E-state index is 0.0631. The molecule has 0 unspecified atom stereocenters. The van der Waals surface area contributed by atoms with Crippen molar-refractivity contribution in [2.75, 3.05) is 5.32 Å². The van der Waals surface area contributed by atoms with Crippen molar-refractivity contribution in [1.29, 1.82) is 0 Å². The van der Waals surface area contributed by atoms with Crippen LogP contribution in [0.1, 0.15) is 28.8 Å². The number of carboxylic acid groups (broad SMARTS) is 1. The zero-order valence-corrected chi connectivity index (χ0v) is 11.3. The lowest BCUT2D eigenvalue weighted by Gasteiger charge is -2.06. The highest BCUT2D eigenvalue weighted by molar-refractivity contribution is 5.84. The fourth-order valence-corrected chi connectivity index (χ4v) is 1.92. The number of hydrogen-bond donors (Lipinski definition) is 2. The highest BCUT2D eigenvalue weighted by Gasteiger charge is 2.13. The predicted molar refractivity (Wildman–Crippen MR) is 75.5 cm³/mol. The van der Waals surface area contributed by atoms with Gasteiger partial charge in [0.2, 0.25) is 5.76 Å². The lowest BCUT2D eigenvalue weighted by atomic mass is 10.1. The number of rotatable bonds is 6. The second-order valence-electron chi connectivity index (χ2n) is 4.38. The number of furan rings is 1. The predicted octanol–water partition coefficient (Wildman–Crippen LogP) is 3.06. The third-order valence-corrected chi connectivity index (χ3v) is 3.00. The number of carbonyl (C=O) groups is 1. The summed E-state index contributed by atoms with van der Waals surface area (Å²) in [6.45, 7) is 2.10. The maximum absolute atomic E-state index is 11.0. The summed E-state index contributed by atoms with van der Waals surface area (Å²) in [5, 5.41) is 22.7. The van der Waals surface area contributed by atoms with Gasteiger partial charge in [0, 0.05) is 17.3 Å². The molecule has 0 saturated carbocycles. The first-order valence-corrected chi connectivity index (χ1v) is 6.34. The first-order chi connectivity index (χ1) is 10.0. The van der Waals surface area contributed by atoms with E-state index in [1.54, 1.807) is 18.2 Å². The van der Waals surface area contributed by atoms with Crippen molar-refractivity contribution in [3.05, 3.63) is 57.5 Å². The summed E-state index contributed by atoms with van der Waals surface area (Å²) in [5.41, 5.74) is 1.30. The van der Waals surface area contributed by atoms with Gasteiger partial charge in [-0.15, -0.1) is 0 Å². The van der Waals surface area contributed by atoms with Gasteiger partial charge in [0.25, 0.3) is 5.69 Å². The Labute approximate surface area is 120 Å². The van der Waals surface area contributed by atoms with Crippen LogP contribution < -0.4 is 5.32 Å². The number of anilines is 1. The summed E-state index contributed by atoms with van der Waals surface area (Å²) in [5.74, 6) is -0.835. The van der Waals surface area contributed by atoms with E-state index in [2.05, 4.69) is 5.32 Å². The first-order valence-electron chi connectivity index (χ1n) is 6.34. The van der Waals surface area contributed by atoms with E-state index in [9.17, 15) is 14.9 Å². The molecule has 1 heterocycles. The molecule has 2 N–H and O–H groups in total. The standard InChI is InChI=1S/C14H14N2O5/c1-2-9-3-4-10(7-12(9)16(19)20)15-8-11-5-6-13(21-11)14(17)18/h3-7,15H,2,8H2,1H3,(H,17,18). The Morgan fingerprint density at radius 3 is 2.71 bits per heavy atom. The number of nitro groups is 1. The number of nitrogens with one attached hydrogen (secondary N) is 1. The van der Waals surface area contributed by atoms with Gasteiger partial charge in [-0.1, -0.05) is 13.0 Å². The molecular weight excluding hydrogens is 276 g/mol. The molecule has 21 heavy (non-hydrogen) atoms. The first kappa shape index (κ1) is 14.6. The molecule has 0 amide bonds. The van der Waals surface area contributed by atoms with Gasteiger partial charge in [0.1, 0.15) is 5.76 Å². The second-order valence-corrected chi connectivity index (χ2v) is 4.38. The molecule has 0 fully saturated rings. The van der Waals surface area contributed by atoms with Crippen molar-refractivity contribution >= 4 is 17.3 Å². The molecule has 0 spiro atoms. The minimum atomic E-state index is -1.14. The Morgan fingerprint density at radius 2 is 2.14 bits per heavy atom. The van der Waals surface area contributed by atoms with E-state index in [0.717, 1.165) is 0 Å². The molecule has 0 aliphatic carbocycles. The van der Waals surface area contributed by atoms with Crippen LogP contribution in [0.3, 0.4) is 0 Å². The number of aryl methyl sites for hydroxylation is 1. The highest BCUT2D eigenvalue weighted by Crippen LogP contribution is 2.24. The maximum Gasteiger partial charge on any atom is 0.371 e. The van der Waals surface area contributed by atoms with Crippen LogP contribution in [0.4, 0.5) is 11.4 Å². The van der Waals surface area contributed by atoms with Crippen molar-refractivity contribution in [1.82, 2.24) is 0 Å². The van der Waals surface area contributed by atoms with Crippen LogP contribution in [0.15, 0.2) is 34.7 Å². The maximum atomic E-state index is 11.0. The van der Waals surface area contributed by atoms with Crippen LogP contribution in [0.2, 0.25) is 0 Å². The Morgan fingerprint density at radius 1 is 1.38 bits per heavy atom. The Kier molecular flexibility index (Phi) is 4.22. The molecule has 0 radical (unpaired) electrons. The van der Waals surface area contributed by atoms with Crippen molar-refractivity contribution in [2.24, 2.45) is 0 Å². The minimum Gasteiger partial charge on any atom is -0.475 e. The molecule has 2 rings (SSSR count). The second kappa shape index (κ2) is 6.08. The van der Waals surface area contributed by atoms with Crippen LogP contribution in [0.25, 0.3) is 0 Å². The molecule has 0 aliphatic heterocycles. The molecule has 0 bridgehead atoms. The number of carboxylic acids is 1. The van der Waals surface area contributed by atoms with Crippen LogP contribution in [-0.2, 0) is 13.0 Å². The molecule has 1 aromatic carbocycles. The average Bonchev–Trinajstić information content (AvgIpc) is 2.94. The summed E-state index contributed by atoms with van der Waals surface area (Å²) in [4.78, 5) is 21.3. The van der Waals surface area contributed by atoms with Crippen molar-refractivity contribution < 1.29 is 19.2 Å². The smallest absolute Gasteiger partial charge is 0.371 e.